The van der Waals surface area contributed by atoms with Gasteiger partial charge >= 0.3 is 11.9 Å². The Morgan fingerprint density at radius 2 is 1.13 bits per heavy atom. The summed E-state index contributed by atoms with van der Waals surface area (Å²) >= 11 is 0. The van der Waals surface area contributed by atoms with E-state index in [1.54, 1.807) is 0 Å². The van der Waals surface area contributed by atoms with Gasteiger partial charge in [0.1, 0.15) is 22.7 Å². The van der Waals surface area contributed by atoms with Crippen LogP contribution in [0.1, 0.15) is 79.9 Å². The molecule has 0 spiro atoms. The normalized spacial score (nSPS) is 12.7. The van der Waals surface area contributed by atoms with E-state index >= 15 is 0 Å². The number of nitrogens with zero attached hydrogens (tertiary/aromatic N) is 2. The van der Waals surface area contributed by atoms with E-state index in [2.05, 4.69) is 11.8 Å². The number of esters is 2. The van der Waals surface area contributed by atoms with Crippen LogP contribution in [0.2, 0.25) is 0 Å². The first-order chi connectivity index (χ1) is 21.7. The van der Waals surface area contributed by atoms with Gasteiger partial charge in [-0.1, -0.05) is 43.3 Å². The predicted molar refractivity (Wildman–Crippen MR) is 179 cm³/mol. The summed E-state index contributed by atoms with van der Waals surface area (Å²) in [7, 11) is 0. The second kappa shape index (κ2) is 19.5. The van der Waals surface area contributed by atoms with Crippen molar-refractivity contribution in [1.82, 2.24) is 9.80 Å². The van der Waals surface area contributed by atoms with Crippen LogP contribution in [0.5, 0.6) is 11.5 Å². The summed E-state index contributed by atoms with van der Waals surface area (Å²) < 4.78 is 34.2. The Kier molecular flexibility index (Phi) is 16.5. The summed E-state index contributed by atoms with van der Waals surface area (Å²) in [6.45, 7) is 19.8. The van der Waals surface area contributed by atoms with Gasteiger partial charge in [0.2, 0.25) is 0 Å². The Hall–Kier alpha value is -3.18. The van der Waals surface area contributed by atoms with Crippen LogP contribution >= 0.6 is 0 Å². The maximum atomic E-state index is 13.2. The van der Waals surface area contributed by atoms with Crippen molar-refractivity contribution in [1.29, 1.82) is 0 Å². The molecule has 0 N–H and O–H groups in total. The number of para-hydroxylation sites is 2. The highest BCUT2D eigenvalue weighted by atomic mass is 16.7. The smallest absolute Gasteiger partial charge is 0.320 e. The van der Waals surface area contributed by atoms with Crippen LogP contribution in [0.3, 0.4) is 0 Å². The molecule has 0 amide bonds. The molecular weight excluding hydrogens is 588 g/mol. The van der Waals surface area contributed by atoms with Gasteiger partial charge in [-0.2, -0.15) is 0 Å². The van der Waals surface area contributed by atoms with Gasteiger partial charge in [-0.15, -0.1) is 0 Å². The lowest BCUT2D eigenvalue weighted by molar-refractivity contribution is -0.159. The van der Waals surface area contributed by atoms with Crippen molar-refractivity contribution < 1.29 is 38.0 Å². The third-order valence-corrected chi connectivity index (χ3v) is 6.70. The molecule has 0 saturated heterocycles. The average Bonchev–Trinajstić information content (AvgIpc) is 2.95. The molecule has 0 bridgehead atoms. The number of carbonyl (C=O) groups excluding carboxylic acids is 2. The molecule has 10 nitrogen and oxygen atoms in total. The number of ether oxygens (including phenoxy) is 6. The van der Waals surface area contributed by atoms with Crippen molar-refractivity contribution in [3.8, 4) is 11.5 Å². The van der Waals surface area contributed by atoms with E-state index in [-0.39, 0.29) is 44.7 Å². The third kappa shape index (κ3) is 15.4. The van der Waals surface area contributed by atoms with Crippen molar-refractivity contribution in [2.75, 3.05) is 46.4 Å². The maximum Gasteiger partial charge on any atom is 0.320 e. The van der Waals surface area contributed by atoms with Crippen LogP contribution in [-0.4, -0.2) is 85.4 Å². The molecule has 2 aromatic carbocycles. The minimum atomic E-state index is -0.628. The van der Waals surface area contributed by atoms with Gasteiger partial charge in [0.05, 0.1) is 13.1 Å². The molecule has 0 aliphatic carbocycles. The summed E-state index contributed by atoms with van der Waals surface area (Å²) in [6, 6.07) is 15.3. The lowest BCUT2D eigenvalue weighted by atomic mass is 10.1. The van der Waals surface area contributed by atoms with Crippen LogP contribution in [0.15, 0.2) is 48.5 Å². The molecule has 0 aliphatic heterocycles. The third-order valence-electron chi connectivity index (χ3n) is 6.70. The first-order valence-corrected chi connectivity index (χ1v) is 16.2. The lowest BCUT2D eigenvalue weighted by Gasteiger charge is -2.35. The van der Waals surface area contributed by atoms with Crippen molar-refractivity contribution in [3.05, 3.63) is 59.7 Å². The predicted octanol–water partition coefficient (Wildman–Crippen LogP) is 6.20. The molecule has 0 aliphatic rings. The SMILES string of the molecule is CCOCOc1ccccc1CN(CC(=O)OC(C)(C)C)CC(CC)N(CC(=O)OC(C)(C)C)Cc1ccccc1OCOCC. The average molecular weight is 645 g/mol. The minimum Gasteiger partial charge on any atom is -0.467 e. The van der Waals surface area contributed by atoms with Gasteiger partial charge < -0.3 is 28.4 Å². The highest BCUT2D eigenvalue weighted by Crippen LogP contribution is 2.25. The molecule has 1 atom stereocenters. The number of rotatable bonds is 20. The van der Waals surface area contributed by atoms with Crippen molar-refractivity contribution in [3.63, 3.8) is 0 Å². The molecule has 46 heavy (non-hydrogen) atoms. The van der Waals surface area contributed by atoms with Gasteiger partial charge in [0, 0.05) is 50.0 Å². The maximum absolute atomic E-state index is 13.2. The molecule has 258 valence electrons. The summed E-state index contributed by atoms with van der Waals surface area (Å²) in [5.41, 5.74) is 0.572. The summed E-state index contributed by atoms with van der Waals surface area (Å²) in [5.74, 6) is 0.714. The van der Waals surface area contributed by atoms with Crippen molar-refractivity contribution in [2.45, 2.75) is 99.1 Å². The molecule has 1 unspecified atom stereocenters. The topological polar surface area (TPSA) is 96.0 Å². The molecule has 0 fully saturated rings. The van der Waals surface area contributed by atoms with Gasteiger partial charge in [-0.3, -0.25) is 19.4 Å². The van der Waals surface area contributed by atoms with E-state index in [1.807, 2.05) is 109 Å². The standard InChI is InChI=1S/C36H56N2O8/c1-10-30(38(25-34(40)46-36(7,8)9)22-29-18-14-16-20-32(29)44-27-42-12-3)23-37(24-33(39)45-35(4,5)6)21-28-17-13-15-19-31(28)43-26-41-11-2/h13-20,30H,10-12,21-27H2,1-9H3. The first-order valence-electron chi connectivity index (χ1n) is 16.2. The van der Waals surface area contributed by atoms with Crippen LogP contribution in [0.4, 0.5) is 0 Å². The molecule has 2 rings (SSSR count). The fourth-order valence-corrected chi connectivity index (χ4v) is 4.78. The van der Waals surface area contributed by atoms with Crippen LogP contribution in [0, 0.1) is 0 Å². The molecular formula is C36H56N2O8. The highest BCUT2D eigenvalue weighted by Gasteiger charge is 2.28. The van der Waals surface area contributed by atoms with E-state index < -0.39 is 11.2 Å². The van der Waals surface area contributed by atoms with E-state index in [4.69, 9.17) is 28.4 Å². The first kappa shape index (κ1) is 39.0. The number of hydrogen-bond donors (Lipinski definition) is 0. The second-order valence-electron chi connectivity index (χ2n) is 13.0. The van der Waals surface area contributed by atoms with Gasteiger partial charge in [-0.25, -0.2) is 0 Å². The van der Waals surface area contributed by atoms with Crippen LogP contribution in [-0.2, 0) is 41.6 Å². The quantitative estimate of drug-likeness (QED) is 0.0942. The second-order valence-corrected chi connectivity index (χ2v) is 13.0. The van der Waals surface area contributed by atoms with E-state index in [9.17, 15) is 9.59 Å². The molecule has 10 heteroatoms. The number of carbonyl (C=O) groups is 2. The Labute approximate surface area is 276 Å². The van der Waals surface area contributed by atoms with Gasteiger partial charge in [-0.05, 0) is 73.9 Å². The van der Waals surface area contributed by atoms with E-state index in [0.29, 0.717) is 50.8 Å². The molecule has 2 aromatic rings. The highest BCUT2D eigenvalue weighted by molar-refractivity contribution is 5.72. The summed E-state index contributed by atoms with van der Waals surface area (Å²) in [4.78, 5) is 30.5. The molecule has 0 aromatic heterocycles. The Balaban J connectivity index is 2.43. The fourth-order valence-electron chi connectivity index (χ4n) is 4.78. The Morgan fingerprint density at radius 1 is 0.674 bits per heavy atom. The Morgan fingerprint density at radius 3 is 1.59 bits per heavy atom. The zero-order valence-corrected chi connectivity index (χ0v) is 29.4. The number of benzene rings is 2. The largest absolute Gasteiger partial charge is 0.467 e. The zero-order valence-electron chi connectivity index (χ0n) is 29.4. The van der Waals surface area contributed by atoms with Crippen molar-refractivity contribution in [2.24, 2.45) is 0 Å². The molecule has 0 radical (unpaired) electrons. The summed E-state index contributed by atoms with van der Waals surface area (Å²) in [6.07, 6.45) is 0.706. The van der Waals surface area contributed by atoms with Crippen LogP contribution in [0.25, 0.3) is 0 Å². The van der Waals surface area contributed by atoms with Crippen LogP contribution < -0.4 is 9.47 Å². The molecule has 0 saturated carbocycles. The van der Waals surface area contributed by atoms with E-state index in [0.717, 1.165) is 11.1 Å². The van der Waals surface area contributed by atoms with Gasteiger partial charge in [0.25, 0.3) is 0 Å². The van der Waals surface area contributed by atoms with E-state index in [1.165, 1.54) is 0 Å². The molecule has 0 heterocycles. The van der Waals surface area contributed by atoms with Crippen molar-refractivity contribution >= 4 is 11.9 Å². The summed E-state index contributed by atoms with van der Waals surface area (Å²) in [5, 5.41) is 0. The lowest BCUT2D eigenvalue weighted by Crippen LogP contribution is -2.47. The monoisotopic (exact) mass is 644 g/mol. The fraction of sp³-hybridized carbons (Fsp3) is 0.611. The number of hydrogen-bond acceptors (Lipinski definition) is 10. The Bertz CT molecular complexity index is 1190. The van der Waals surface area contributed by atoms with Gasteiger partial charge in [0.15, 0.2) is 13.6 Å². The zero-order chi connectivity index (χ0) is 34.2. The minimum absolute atomic E-state index is 0.0574.